The minimum absolute atomic E-state index is 0. The summed E-state index contributed by atoms with van der Waals surface area (Å²) in [5.41, 5.74) is 2.24. The van der Waals surface area contributed by atoms with E-state index in [1.54, 1.807) is 0 Å². The maximum absolute atomic E-state index is 11.8. The summed E-state index contributed by atoms with van der Waals surface area (Å²) in [6, 6.07) is 8.15. The molecule has 1 aliphatic heterocycles. The summed E-state index contributed by atoms with van der Waals surface area (Å²) >= 11 is 0. The van der Waals surface area contributed by atoms with Gasteiger partial charge in [-0.05, 0) is 11.1 Å². The maximum atomic E-state index is 11.8. The minimum atomic E-state index is -0.198. The van der Waals surface area contributed by atoms with Gasteiger partial charge >= 0.3 is 0 Å². The second-order valence-corrected chi connectivity index (χ2v) is 3.88. The fourth-order valence-corrected chi connectivity index (χ4v) is 2.32. The third-order valence-corrected chi connectivity index (χ3v) is 3.18. The predicted molar refractivity (Wildman–Crippen MR) is 61.3 cm³/mol. The van der Waals surface area contributed by atoms with Crippen molar-refractivity contribution in [1.82, 2.24) is 0 Å². The van der Waals surface area contributed by atoms with Crippen LogP contribution in [0, 0.1) is 0 Å². The first kappa shape index (κ1) is 14.0. The molecule has 1 saturated heterocycles. The molecule has 3 heteroatoms. The minimum Gasteiger partial charge on any atom is -0.660 e. The molecule has 0 N–H and O–H groups in total. The van der Waals surface area contributed by atoms with Crippen molar-refractivity contribution in [3.63, 3.8) is 0 Å². The summed E-state index contributed by atoms with van der Waals surface area (Å²) in [5.74, 6) is 0.365. The van der Waals surface area contributed by atoms with E-state index in [2.05, 4.69) is 17.4 Å². The van der Waals surface area contributed by atoms with Crippen LogP contribution in [0.4, 0.5) is 0 Å². The Morgan fingerprint density at radius 3 is 2.38 bits per heavy atom. The van der Waals surface area contributed by atoms with Crippen molar-refractivity contribution in [3.05, 3.63) is 40.7 Å². The van der Waals surface area contributed by atoms with Gasteiger partial charge in [-0.15, -0.1) is 13.1 Å². The summed E-state index contributed by atoms with van der Waals surface area (Å²) in [7, 11) is 0. The Morgan fingerprint density at radius 2 is 1.81 bits per heavy atom. The van der Waals surface area contributed by atoms with Crippen molar-refractivity contribution >= 4 is 5.78 Å². The van der Waals surface area contributed by atoms with E-state index < -0.39 is 0 Å². The topological polar surface area (TPSA) is 31.2 Å². The van der Waals surface area contributed by atoms with E-state index in [-0.39, 0.29) is 38.1 Å². The van der Waals surface area contributed by atoms with Crippen LogP contribution in [0.3, 0.4) is 0 Å². The zero-order valence-corrected chi connectivity index (χ0v) is 12.7. The number of carbonyl (C=O) groups is 1. The molecule has 0 aromatic heterocycles. The van der Waals surface area contributed by atoms with Gasteiger partial charge in [0.15, 0.2) is 0 Å². The zero-order chi connectivity index (χ0) is 10.9. The predicted octanol–water partition coefficient (Wildman–Crippen LogP) is 2.46. The van der Waals surface area contributed by atoms with Crippen LogP contribution in [0.5, 0.6) is 0 Å². The smallest absolute Gasteiger partial charge is 0.144 e. The number of fused-ring (bicyclic) bond motifs is 2. The average molecular weight is 291 g/mol. The molecule has 0 bridgehead atoms. The third-order valence-electron chi connectivity index (χ3n) is 3.18. The molecule has 2 aliphatic rings. The quantitative estimate of drug-likeness (QED) is 0.722. The molecule has 1 heterocycles. The van der Waals surface area contributed by atoms with Crippen molar-refractivity contribution < 1.29 is 37.5 Å². The molecule has 0 atom stereocenters. The fourth-order valence-electron chi connectivity index (χ4n) is 2.32. The molecule has 1 radical (unpaired) electrons. The zero-order valence-electron chi connectivity index (χ0n) is 9.86. The van der Waals surface area contributed by atoms with Gasteiger partial charge in [0.2, 0.25) is 0 Å². The van der Waals surface area contributed by atoms with Gasteiger partial charge in [-0.25, -0.2) is 0 Å². The number of carbonyl (C=O) groups excluding carboxylic acids is 1. The number of nitrogens with zero attached hydrogens (tertiary/aromatic N) is 1. The van der Waals surface area contributed by atoms with E-state index in [1.165, 1.54) is 11.1 Å². The number of hydrogen-bond acceptors (Lipinski definition) is 1. The van der Waals surface area contributed by atoms with E-state index >= 15 is 0 Å². The second-order valence-electron chi connectivity index (χ2n) is 3.88. The van der Waals surface area contributed by atoms with Crippen LogP contribution in [0.15, 0.2) is 24.3 Å². The molecule has 1 aromatic rings. The molecule has 1 spiro atoms. The summed E-state index contributed by atoms with van der Waals surface area (Å²) in [6.45, 7) is 5.42. The SMILES string of the molecule is CC.O=C1Cc2ccccc2C12C[N-]C2.[Y]. The Bertz CT molecular complexity index is 385. The van der Waals surface area contributed by atoms with Crippen LogP contribution in [-0.4, -0.2) is 18.9 Å². The molecular formula is C13H16NOY-. The molecule has 2 nitrogen and oxygen atoms in total. The second kappa shape index (κ2) is 5.53. The van der Waals surface area contributed by atoms with E-state index in [0.717, 1.165) is 0 Å². The number of Topliss-reactive ketones (excluding diaryl/α,β-unsaturated/α-hetero) is 1. The summed E-state index contributed by atoms with van der Waals surface area (Å²) in [4.78, 5) is 11.8. The van der Waals surface area contributed by atoms with Gasteiger partial charge in [0.05, 0.1) is 0 Å². The van der Waals surface area contributed by atoms with Crippen molar-refractivity contribution in [1.29, 1.82) is 0 Å². The maximum Gasteiger partial charge on any atom is 0.144 e. The van der Waals surface area contributed by atoms with Gasteiger partial charge in [-0.3, -0.25) is 4.79 Å². The summed E-state index contributed by atoms with van der Waals surface area (Å²) in [5, 5.41) is 4.18. The first-order valence-corrected chi connectivity index (χ1v) is 5.58. The molecule has 0 unspecified atom stereocenters. The number of ketones is 1. The molecule has 0 amide bonds. The monoisotopic (exact) mass is 291 g/mol. The van der Waals surface area contributed by atoms with Crippen molar-refractivity contribution in [2.24, 2.45) is 0 Å². The first-order valence-electron chi connectivity index (χ1n) is 5.58. The number of rotatable bonds is 0. The number of benzene rings is 1. The Morgan fingerprint density at radius 1 is 1.19 bits per heavy atom. The molecule has 1 aromatic carbocycles. The summed E-state index contributed by atoms with van der Waals surface area (Å²) < 4.78 is 0. The Kier molecular flexibility index (Phi) is 4.84. The number of hydrogen-bond donors (Lipinski definition) is 0. The average Bonchev–Trinajstić information content (AvgIpc) is 2.52. The van der Waals surface area contributed by atoms with Crippen LogP contribution >= 0.6 is 0 Å². The fraction of sp³-hybridized carbons (Fsp3) is 0.462. The molecular weight excluding hydrogens is 275 g/mol. The first-order chi connectivity index (χ1) is 7.33. The molecule has 1 aliphatic carbocycles. The molecule has 83 valence electrons. The van der Waals surface area contributed by atoms with Gasteiger partial charge in [0.25, 0.3) is 0 Å². The molecule has 16 heavy (non-hydrogen) atoms. The Balaban J connectivity index is 0.000000406. The molecule has 0 saturated carbocycles. The standard InChI is InChI=1S/C11H10NO.C2H6.Y/c13-10-5-8-3-1-2-4-9(8)11(10)6-12-7-11;1-2;/h1-4H,5-7H2;1-2H3;/q-1;;. The van der Waals surface area contributed by atoms with Crippen LogP contribution in [0.2, 0.25) is 0 Å². The van der Waals surface area contributed by atoms with Crippen LogP contribution in [0.25, 0.3) is 5.32 Å². The van der Waals surface area contributed by atoms with Gasteiger partial charge in [0.1, 0.15) is 5.78 Å². The van der Waals surface area contributed by atoms with Crippen molar-refractivity contribution in [3.8, 4) is 0 Å². The summed E-state index contributed by atoms with van der Waals surface area (Å²) in [6.07, 6.45) is 0.617. The third kappa shape index (κ3) is 1.92. The van der Waals surface area contributed by atoms with Gasteiger partial charge in [-0.1, -0.05) is 38.1 Å². The van der Waals surface area contributed by atoms with E-state index in [0.29, 0.717) is 25.3 Å². The largest absolute Gasteiger partial charge is 0.660 e. The Labute approximate surface area is 122 Å². The van der Waals surface area contributed by atoms with Gasteiger partial charge in [-0.2, -0.15) is 0 Å². The van der Waals surface area contributed by atoms with Crippen LogP contribution < -0.4 is 0 Å². The van der Waals surface area contributed by atoms with Crippen molar-refractivity contribution in [2.45, 2.75) is 25.7 Å². The molecule has 3 rings (SSSR count). The van der Waals surface area contributed by atoms with Crippen LogP contribution in [0.1, 0.15) is 25.0 Å². The van der Waals surface area contributed by atoms with E-state index in [1.807, 2.05) is 26.0 Å². The van der Waals surface area contributed by atoms with Crippen molar-refractivity contribution in [2.75, 3.05) is 13.1 Å². The Hall–Kier alpha value is -0.0461. The molecule has 1 fully saturated rings. The van der Waals surface area contributed by atoms with E-state index in [4.69, 9.17) is 0 Å². The van der Waals surface area contributed by atoms with Gasteiger partial charge in [0, 0.05) is 44.5 Å². The van der Waals surface area contributed by atoms with E-state index in [9.17, 15) is 4.79 Å². The van der Waals surface area contributed by atoms with Crippen LogP contribution in [-0.2, 0) is 49.3 Å². The normalized spacial score (nSPS) is 19.0. The van der Waals surface area contributed by atoms with Gasteiger partial charge < -0.3 is 5.32 Å².